The maximum atomic E-state index is 11.5. The molecule has 0 heterocycles. The summed E-state index contributed by atoms with van der Waals surface area (Å²) in [5.41, 5.74) is -0.590. The van der Waals surface area contributed by atoms with Crippen LogP contribution in [-0.4, -0.2) is 28.6 Å². The number of hydrogen-bond donors (Lipinski definition) is 2. The Morgan fingerprint density at radius 1 is 1.56 bits per heavy atom. The van der Waals surface area contributed by atoms with Crippen molar-refractivity contribution in [1.82, 2.24) is 0 Å². The number of carbonyl (C=O) groups excluding carboxylic acids is 1. The largest absolute Gasteiger partial charge is 0.505 e. The molecule has 0 spiro atoms. The molecule has 0 aliphatic rings. The third-order valence-corrected chi connectivity index (χ3v) is 2.03. The summed E-state index contributed by atoms with van der Waals surface area (Å²) in [6.45, 7) is 3.29. The lowest BCUT2D eigenvalue weighted by molar-refractivity contribution is -0.384. The van der Waals surface area contributed by atoms with Gasteiger partial charge in [-0.2, -0.15) is 0 Å². The second kappa shape index (κ2) is 5.97. The van der Waals surface area contributed by atoms with Gasteiger partial charge in [0.15, 0.2) is 5.69 Å². The smallest absolute Gasteiger partial charge is 0.296 e. The number of nitrogens with zero attached hydrogens (tertiary/aromatic N) is 1. The molecule has 2 N–H and O–H groups in total. The Morgan fingerprint density at radius 2 is 2.22 bits per heavy atom. The van der Waals surface area contributed by atoms with Crippen LogP contribution in [0.3, 0.4) is 0 Å². The summed E-state index contributed by atoms with van der Waals surface area (Å²) in [6.07, 6.45) is -0.130. The van der Waals surface area contributed by atoms with Crippen LogP contribution in [0.15, 0.2) is 18.2 Å². The molecule has 1 aromatic carbocycles. The number of nitro benzene ring substituents is 1. The standard InChI is InChI=1S/C11H14N2O5/c1-7(2)18-6-10(15)12-11-8(13(16)17)4-3-5-9(11)14/h3-5,7,14H,6H2,1-2H3,(H,12,15). The van der Waals surface area contributed by atoms with Gasteiger partial charge in [0.05, 0.1) is 11.0 Å². The Hall–Kier alpha value is -2.15. The highest BCUT2D eigenvalue weighted by molar-refractivity contribution is 5.95. The van der Waals surface area contributed by atoms with E-state index in [1.807, 2.05) is 0 Å². The molecule has 0 aliphatic heterocycles. The zero-order chi connectivity index (χ0) is 13.7. The molecule has 98 valence electrons. The van der Waals surface area contributed by atoms with E-state index in [4.69, 9.17) is 4.74 Å². The fourth-order valence-electron chi connectivity index (χ4n) is 1.23. The highest BCUT2D eigenvalue weighted by Crippen LogP contribution is 2.32. The van der Waals surface area contributed by atoms with Gasteiger partial charge in [0, 0.05) is 6.07 Å². The number of phenolic OH excluding ortho intramolecular Hbond substituents is 1. The van der Waals surface area contributed by atoms with E-state index in [1.54, 1.807) is 13.8 Å². The minimum Gasteiger partial charge on any atom is -0.505 e. The fraction of sp³-hybridized carbons (Fsp3) is 0.364. The lowest BCUT2D eigenvalue weighted by atomic mass is 10.2. The predicted octanol–water partition coefficient (Wildman–Crippen LogP) is 1.66. The molecule has 0 radical (unpaired) electrons. The molecule has 7 heteroatoms. The number of amides is 1. The second-order valence-corrected chi connectivity index (χ2v) is 3.84. The Morgan fingerprint density at radius 3 is 2.78 bits per heavy atom. The number of para-hydroxylation sites is 1. The van der Waals surface area contributed by atoms with E-state index < -0.39 is 10.8 Å². The summed E-state index contributed by atoms with van der Waals surface area (Å²) < 4.78 is 5.05. The van der Waals surface area contributed by atoms with Crippen LogP contribution in [-0.2, 0) is 9.53 Å². The lowest BCUT2D eigenvalue weighted by Gasteiger charge is -2.09. The summed E-state index contributed by atoms with van der Waals surface area (Å²) in [5.74, 6) is -0.921. The van der Waals surface area contributed by atoms with E-state index in [-0.39, 0.29) is 29.8 Å². The average Bonchev–Trinajstić information content (AvgIpc) is 2.28. The van der Waals surface area contributed by atoms with Crippen molar-refractivity contribution in [3.05, 3.63) is 28.3 Å². The maximum Gasteiger partial charge on any atom is 0.296 e. The first kappa shape index (κ1) is 13.9. The van der Waals surface area contributed by atoms with E-state index in [2.05, 4.69) is 5.32 Å². The van der Waals surface area contributed by atoms with Crippen molar-refractivity contribution < 1.29 is 19.6 Å². The molecule has 0 unspecified atom stereocenters. The summed E-state index contributed by atoms with van der Waals surface area (Å²) in [7, 11) is 0. The third kappa shape index (κ3) is 3.70. The Kier molecular flexibility index (Phi) is 4.61. The molecule has 0 saturated carbocycles. The number of rotatable bonds is 5. The van der Waals surface area contributed by atoms with Crippen LogP contribution in [0.2, 0.25) is 0 Å². The van der Waals surface area contributed by atoms with Gasteiger partial charge in [-0.3, -0.25) is 14.9 Å². The minimum atomic E-state index is -0.682. The first-order valence-electron chi connectivity index (χ1n) is 5.29. The van der Waals surface area contributed by atoms with E-state index in [0.717, 1.165) is 0 Å². The van der Waals surface area contributed by atoms with Crippen LogP contribution in [0.4, 0.5) is 11.4 Å². The first-order chi connectivity index (χ1) is 8.41. The molecule has 1 amide bonds. The van der Waals surface area contributed by atoms with Gasteiger partial charge < -0.3 is 15.2 Å². The monoisotopic (exact) mass is 254 g/mol. The summed E-state index contributed by atoms with van der Waals surface area (Å²) in [4.78, 5) is 21.5. The average molecular weight is 254 g/mol. The van der Waals surface area contributed by atoms with Crippen molar-refractivity contribution in [3.8, 4) is 5.75 Å². The Labute approximate surface area is 104 Å². The molecule has 0 aromatic heterocycles. The molecule has 1 rings (SSSR count). The lowest BCUT2D eigenvalue weighted by Crippen LogP contribution is -2.21. The number of nitrogens with one attached hydrogen (secondary N) is 1. The number of anilines is 1. The quantitative estimate of drug-likeness (QED) is 0.472. The number of nitro groups is 1. The summed E-state index contributed by atoms with van der Waals surface area (Å²) in [5, 5.41) is 22.5. The third-order valence-electron chi connectivity index (χ3n) is 2.03. The van der Waals surface area contributed by atoms with Gasteiger partial charge in [0.2, 0.25) is 0 Å². The zero-order valence-corrected chi connectivity index (χ0v) is 10.0. The highest BCUT2D eigenvalue weighted by Gasteiger charge is 2.19. The normalized spacial score (nSPS) is 10.4. The van der Waals surface area contributed by atoms with Gasteiger partial charge in [-0.15, -0.1) is 0 Å². The fourth-order valence-corrected chi connectivity index (χ4v) is 1.23. The van der Waals surface area contributed by atoms with E-state index in [1.165, 1.54) is 18.2 Å². The zero-order valence-electron chi connectivity index (χ0n) is 10.0. The van der Waals surface area contributed by atoms with E-state index in [9.17, 15) is 20.0 Å². The van der Waals surface area contributed by atoms with Crippen molar-refractivity contribution >= 4 is 17.3 Å². The molecule has 7 nitrogen and oxygen atoms in total. The summed E-state index contributed by atoms with van der Waals surface area (Å²) >= 11 is 0. The predicted molar refractivity (Wildman–Crippen MR) is 64.5 cm³/mol. The number of aromatic hydroxyl groups is 1. The first-order valence-corrected chi connectivity index (χ1v) is 5.29. The molecule has 0 aliphatic carbocycles. The topological polar surface area (TPSA) is 102 Å². The number of phenols is 1. The number of ether oxygens (including phenoxy) is 1. The number of carbonyl (C=O) groups is 1. The molecular weight excluding hydrogens is 240 g/mol. The van der Waals surface area contributed by atoms with Crippen molar-refractivity contribution in [2.45, 2.75) is 20.0 Å². The molecule has 18 heavy (non-hydrogen) atoms. The molecular formula is C11H14N2O5. The van der Waals surface area contributed by atoms with Crippen molar-refractivity contribution in [2.75, 3.05) is 11.9 Å². The van der Waals surface area contributed by atoms with Crippen LogP contribution in [0.1, 0.15) is 13.8 Å². The van der Waals surface area contributed by atoms with Gasteiger partial charge in [-0.05, 0) is 19.9 Å². The van der Waals surface area contributed by atoms with Crippen LogP contribution in [0, 0.1) is 10.1 Å². The van der Waals surface area contributed by atoms with Crippen LogP contribution in [0.25, 0.3) is 0 Å². The molecule has 1 aromatic rings. The van der Waals surface area contributed by atoms with E-state index >= 15 is 0 Å². The van der Waals surface area contributed by atoms with Crippen molar-refractivity contribution in [3.63, 3.8) is 0 Å². The molecule has 0 saturated heterocycles. The minimum absolute atomic E-state index is 0.130. The number of hydrogen-bond acceptors (Lipinski definition) is 5. The van der Waals surface area contributed by atoms with Gasteiger partial charge >= 0.3 is 0 Å². The Bertz CT molecular complexity index is 459. The molecule has 0 atom stereocenters. The van der Waals surface area contributed by atoms with Gasteiger partial charge in [0.25, 0.3) is 11.6 Å². The maximum absolute atomic E-state index is 11.5. The van der Waals surface area contributed by atoms with Crippen molar-refractivity contribution in [2.24, 2.45) is 0 Å². The summed E-state index contributed by atoms with van der Waals surface area (Å²) in [6, 6.07) is 3.78. The number of benzene rings is 1. The Balaban J connectivity index is 2.83. The highest BCUT2D eigenvalue weighted by atomic mass is 16.6. The van der Waals surface area contributed by atoms with Crippen LogP contribution >= 0.6 is 0 Å². The molecule has 0 bridgehead atoms. The van der Waals surface area contributed by atoms with Crippen LogP contribution in [0.5, 0.6) is 5.75 Å². The van der Waals surface area contributed by atoms with E-state index in [0.29, 0.717) is 0 Å². The van der Waals surface area contributed by atoms with Gasteiger partial charge in [-0.25, -0.2) is 0 Å². The van der Waals surface area contributed by atoms with Crippen LogP contribution < -0.4 is 5.32 Å². The second-order valence-electron chi connectivity index (χ2n) is 3.84. The molecule has 0 fully saturated rings. The SMILES string of the molecule is CC(C)OCC(=O)Nc1c(O)cccc1[N+](=O)[O-]. The van der Waals surface area contributed by atoms with Crippen molar-refractivity contribution in [1.29, 1.82) is 0 Å². The van der Waals surface area contributed by atoms with Gasteiger partial charge in [0.1, 0.15) is 12.4 Å². The van der Waals surface area contributed by atoms with Gasteiger partial charge in [-0.1, -0.05) is 6.07 Å².